The van der Waals surface area contributed by atoms with E-state index in [9.17, 15) is 8.78 Å². The molecule has 1 aromatic rings. The Bertz CT molecular complexity index is 464. The lowest BCUT2D eigenvalue weighted by Gasteiger charge is -2.50. The number of hydrogen-bond acceptors (Lipinski definition) is 2. The molecule has 2 unspecified atom stereocenters. The van der Waals surface area contributed by atoms with E-state index in [0.29, 0.717) is 23.8 Å². The maximum absolute atomic E-state index is 14.1. The summed E-state index contributed by atoms with van der Waals surface area (Å²) >= 11 is 0. The molecule has 0 aliphatic carbocycles. The highest BCUT2D eigenvalue weighted by molar-refractivity contribution is 5.51. The number of piperidine rings is 2. The van der Waals surface area contributed by atoms with E-state index in [4.69, 9.17) is 0 Å². The van der Waals surface area contributed by atoms with E-state index >= 15 is 0 Å². The Morgan fingerprint density at radius 1 is 1.20 bits per heavy atom. The molecule has 0 radical (unpaired) electrons. The Balaban J connectivity index is 1.88. The van der Waals surface area contributed by atoms with Crippen molar-refractivity contribution in [2.75, 3.05) is 11.4 Å². The molecule has 1 N–H and O–H groups in total. The zero-order valence-corrected chi connectivity index (χ0v) is 11.9. The summed E-state index contributed by atoms with van der Waals surface area (Å²) in [6, 6.07) is 5.71. The molecule has 110 valence electrons. The van der Waals surface area contributed by atoms with Crippen LogP contribution in [0.3, 0.4) is 0 Å². The third-order valence-electron chi connectivity index (χ3n) is 4.68. The van der Waals surface area contributed by atoms with Crippen LogP contribution in [0.25, 0.3) is 0 Å². The predicted molar refractivity (Wildman–Crippen MR) is 77.0 cm³/mol. The van der Waals surface area contributed by atoms with E-state index in [1.807, 2.05) is 0 Å². The van der Waals surface area contributed by atoms with Gasteiger partial charge in [-0.25, -0.2) is 8.78 Å². The van der Waals surface area contributed by atoms with E-state index in [1.54, 1.807) is 12.1 Å². The summed E-state index contributed by atoms with van der Waals surface area (Å²) in [4.78, 5) is 2.15. The summed E-state index contributed by atoms with van der Waals surface area (Å²) in [6.07, 6.45) is 5.41. The number of anilines is 1. The van der Waals surface area contributed by atoms with Crippen molar-refractivity contribution in [1.82, 2.24) is 5.32 Å². The Labute approximate surface area is 119 Å². The van der Waals surface area contributed by atoms with Gasteiger partial charge in [0.15, 0.2) is 11.6 Å². The van der Waals surface area contributed by atoms with Crippen LogP contribution in [0.2, 0.25) is 0 Å². The molecule has 2 aliphatic heterocycles. The fourth-order valence-electron chi connectivity index (χ4n) is 3.92. The van der Waals surface area contributed by atoms with Crippen molar-refractivity contribution >= 4 is 5.69 Å². The number of hydrogen-bond donors (Lipinski definition) is 1. The predicted octanol–water partition coefficient (Wildman–Crippen LogP) is 3.46. The van der Waals surface area contributed by atoms with Crippen LogP contribution >= 0.6 is 0 Å². The minimum absolute atomic E-state index is 0.336. The lowest BCUT2D eigenvalue weighted by Crippen LogP contribution is -2.56. The first-order valence-corrected chi connectivity index (χ1v) is 7.66. The van der Waals surface area contributed by atoms with Gasteiger partial charge in [-0.2, -0.15) is 0 Å². The minimum atomic E-state index is -0.741. The maximum Gasteiger partial charge on any atom is 0.182 e. The van der Waals surface area contributed by atoms with Crippen molar-refractivity contribution in [3.63, 3.8) is 0 Å². The van der Waals surface area contributed by atoms with Gasteiger partial charge in [0.1, 0.15) is 0 Å². The SMILES string of the molecule is CCNC1CC2CCCC(C1)N2c1cccc(F)c1F. The molecule has 0 amide bonds. The fourth-order valence-corrected chi connectivity index (χ4v) is 3.92. The van der Waals surface area contributed by atoms with Gasteiger partial charge in [-0.1, -0.05) is 13.0 Å². The molecule has 2 heterocycles. The summed E-state index contributed by atoms with van der Waals surface area (Å²) in [5.41, 5.74) is 0.453. The van der Waals surface area contributed by atoms with Gasteiger partial charge < -0.3 is 10.2 Å². The number of nitrogens with one attached hydrogen (secondary N) is 1. The molecule has 2 bridgehead atoms. The van der Waals surface area contributed by atoms with Gasteiger partial charge in [-0.3, -0.25) is 0 Å². The van der Waals surface area contributed by atoms with Gasteiger partial charge in [0.2, 0.25) is 0 Å². The van der Waals surface area contributed by atoms with Crippen molar-refractivity contribution in [2.24, 2.45) is 0 Å². The minimum Gasteiger partial charge on any atom is -0.363 e. The quantitative estimate of drug-likeness (QED) is 0.912. The van der Waals surface area contributed by atoms with Crippen LogP contribution in [0.4, 0.5) is 14.5 Å². The molecule has 0 saturated carbocycles. The number of nitrogens with zero attached hydrogens (tertiary/aromatic N) is 1. The van der Waals surface area contributed by atoms with Crippen molar-refractivity contribution in [1.29, 1.82) is 0 Å². The Hall–Kier alpha value is -1.16. The van der Waals surface area contributed by atoms with E-state index in [2.05, 4.69) is 17.1 Å². The smallest absolute Gasteiger partial charge is 0.182 e. The van der Waals surface area contributed by atoms with E-state index in [-0.39, 0.29) is 0 Å². The number of rotatable bonds is 3. The lowest BCUT2D eigenvalue weighted by molar-refractivity contribution is 0.245. The van der Waals surface area contributed by atoms with Gasteiger partial charge in [-0.05, 0) is 50.8 Å². The summed E-state index contributed by atoms with van der Waals surface area (Å²) < 4.78 is 27.6. The number of fused-ring (bicyclic) bond motifs is 2. The Kier molecular flexibility index (Phi) is 3.92. The molecule has 0 spiro atoms. The zero-order valence-electron chi connectivity index (χ0n) is 11.9. The average Bonchev–Trinajstić information content (AvgIpc) is 2.42. The van der Waals surface area contributed by atoms with Crippen molar-refractivity contribution in [2.45, 2.75) is 57.2 Å². The van der Waals surface area contributed by atoms with Crippen LogP contribution in [0.15, 0.2) is 18.2 Å². The normalized spacial score (nSPS) is 29.6. The van der Waals surface area contributed by atoms with Crippen LogP contribution in [0, 0.1) is 11.6 Å². The monoisotopic (exact) mass is 280 g/mol. The van der Waals surface area contributed by atoms with Gasteiger partial charge in [0, 0.05) is 18.1 Å². The highest BCUT2D eigenvalue weighted by Gasteiger charge is 2.39. The van der Waals surface area contributed by atoms with E-state index in [1.165, 1.54) is 12.5 Å². The zero-order chi connectivity index (χ0) is 14.1. The maximum atomic E-state index is 14.1. The van der Waals surface area contributed by atoms with Crippen LogP contribution in [-0.4, -0.2) is 24.7 Å². The molecule has 2 nitrogen and oxygen atoms in total. The molecule has 1 aromatic carbocycles. The van der Waals surface area contributed by atoms with E-state index in [0.717, 1.165) is 32.2 Å². The summed E-state index contributed by atoms with van der Waals surface area (Å²) in [5, 5.41) is 3.52. The molecule has 0 aromatic heterocycles. The van der Waals surface area contributed by atoms with Crippen molar-refractivity contribution in [3.05, 3.63) is 29.8 Å². The van der Waals surface area contributed by atoms with Crippen LogP contribution in [0.5, 0.6) is 0 Å². The van der Waals surface area contributed by atoms with Crippen LogP contribution < -0.4 is 10.2 Å². The fraction of sp³-hybridized carbons (Fsp3) is 0.625. The summed E-state index contributed by atoms with van der Waals surface area (Å²) in [5.74, 6) is -1.43. The van der Waals surface area contributed by atoms with Crippen LogP contribution in [0.1, 0.15) is 39.0 Å². The topological polar surface area (TPSA) is 15.3 Å². The number of benzene rings is 1. The second-order valence-corrected chi connectivity index (χ2v) is 5.94. The highest BCUT2D eigenvalue weighted by atomic mass is 19.2. The second-order valence-electron chi connectivity index (χ2n) is 5.94. The molecular weight excluding hydrogens is 258 g/mol. The highest BCUT2D eigenvalue weighted by Crippen LogP contribution is 2.39. The molecule has 2 fully saturated rings. The van der Waals surface area contributed by atoms with Crippen LogP contribution in [-0.2, 0) is 0 Å². The molecule has 3 rings (SSSR count). The average molecular weight is 280 g/mol. The Morgan fingerprint density at radius 3 is 2.55 bits per heavy atom. The first kappa shape index (κ1) is 13.8. The third-order valence-corrected chi connectivity index (χ3v) is 4.68. The third kappa shape index (κ3) is 2.41. The first-order valence-electron chi connectivity index (χ1n) is 7.66. The van der Waals surface area contributed by atoms with Gasteiger partial charge in [0.05, 0.1) is 5.69 Å². The first-order chi connectivity index (χ1) is 9.70. The molecule has 2 aliphatic rings. The molecule has 20 heavy (non-hydrogen) atoms. The molecule has 4 heteroatoms. The largest absolute Gasteiger partial charge is 0.363 e. The Morgan fingerprint density at radius 2 is 1.90 bits per heavy atom. The van der Waals surface area contributed by atoms with Crippen molar-refractivity contribution in [3.8, 4) is 0 Å². The lowest BCUT2D eigenvalue weighted by atomic mass is 9.81. The standard InChI is InChI=1S/C16H22F2N2/c1-2-19-11-9-12-5-3-6-13(10-11)20(12)15-8-4-7-14(17)16(15)18/h4,7-8,11-13,19H,2-3,5-6,9-10H2,1H3. The molecular formula is C16H22F2N2. The van der Waals surface area contributed by atoms with Gasteiger partial charge in [0.25, 0.3) is 0 Å². The van der Waals surface area contributed by atoms with Crippen molar-refractivity contribution < 1.29 is 8.78 Å². The molecule has 2 saturated heterocycles. The second kappa shape index (κ2) is 5.68. The van der Waals surface area contributed by atoms with E-state index < -0.39 is 11.6 Å². The molecule has 2 atom stereocenters. The van der Waals surface area contributed by atoms with Gasteiger partial charge in [-0.15, -0.1) is 0 Å². The summed E-state index contributed by atoms with van der Waals surface area (Å²) in [6.45, 7) is 3.09. The summed E-state index contributed by atoms with van der Waals surface area (Å²) in [7, 11) is 0. The van der Waals surface area contributed by atoms with Gasteiger partial charge >= 0.3 is 0 Å². The number of halogens is 2.